The van der Waals surface area contributed by atoms with Gasteiger partial charge in [-0.3, -0.25) is 0 Å². The lowest BCUT2D eigenvalue weighted by molar-refractivity contribution is 0.850. The Bertz CT molecular complexity index is 512. The second kappa shape index (κ2) is 6.13. The normalized spacial score (nSPS) is 10.5. The third-order valence-corrected chi connectivity index (χ3v) is 2.61. The van der Waals surface area contributed by atoms with Crippen molar-refractivity contribution in [3.8, 4) is 0 Å². The number of aromatic nitrogens is 3. The number of nitrogens with zero attached hydrogens (tertiary/aromatic N) is 4. The average Bonchev–Trinajstić information content (AvgIpc) is 2.40. The molecule has 0 unspecified atom stereocenters. The van der Waals surface area contributed by atoms with Crippen LogP contribution < -0.4 is 10.2 Å². The summed E-state index contributed by atoms with van der Waals surface area (Å²) in [6, 6.07) is 10.4. The summed E-state index contributed by atoms with van der Waals surface area (Å²) in [5.41, 5.74) is 1.06. The second-order valence-electron chi connectivity index (χ2n) is 4.52. The van der Waals surface area contributed by atoms with Crippen LogP contribution >= 0.6 is 0 Å². The Morgan fingerprint density at radius 1 is 1.21 bits per heavy atom. The van der Waals surface area contributed by atoms with Crippen LogP contribution in [0.15, 0.2) is 36.5 Å². The van der Waals surface area contributed by atoms with E-state index in [-0.39, 0.29) is 0 Å². The van der Waals surface area contributed by atoms with E-state index in [2.05, 4.69) is 41.3 Å². The number of benzene rings is 1. The Balaban J connectivity index is 2.28. The third-order valence-electron chi connectivity index (χ3n) is 2.61. The molecule has 0 aliphatic heterocycles. The van der Waals surface area contributed by atoms with Gasteiger partial charge in [-0.05, 0) is 32.9 Å². The molecular formula is C14H19N5. The van der Waals surface area contributed by atoms with Crippen LogP contribution in [0.4, 0.5) is 17.5 Å². The maximum Gasteiger partial charge on any atom is 0.251 e. The van der Waals surface area contributed by atoms with Crippen LogP contribution in [0.1, 0.15) is 20.8 Å². The number of rotatable bonds is 5. The van der Waals surface area contributed by atoms with Crippen molar-refractivity contribution >= 4 is 17.5 Å². The smallest absolute Gasteiger partial charge is 0.251 e. The highest BCUT2D eigenvalue weighted by atomic mass is 15.3. The van der Waals surface area contributed by atoms with Gasteiger partial charge in [0.05, 0.1) is 6.20 Å². The number of anilines is 3. The summed E-state index contributed by atoms with van der Waals surface area (Å²) in [6.07, 6.45) is 1.64. The van der Waals surface area contributed by atoms with E-state index in [4.69, 9.17) is 0 Å². The molecule has 100 valence electrons. The topological polar surface area (TPSA) is 53.9 Å². The molecule has 0 amide bonds. The predicted octanol–water partition coefficient (Wildman–Crippen LogP) is 2.85. The summed E-state index contributed by atoms with van der Waals surface area (Å²) >= 11 is 0. The Kier molecular flexibility index (Phi) is 4.28. The molecule has 0 fully saturated rings. The van der Waals surface area contributed by atoms with Crippen LogP contribution in [0, 0.1) is 0 Å². The highest BCUT2D eigenvalue weighted by molar-refractivity contribution is 5.57. The standard InChI is InChI=1S/C14H19N5/c1-4-19(12-8-6-5-7-9-12)14-17-13(10-15-18-14)16-11(2)3/h5-11H,4H2,1-3H3,(H,16,17,18). The summed E-state index contributed by atoms with van der Waals surface area (Å²) in [5, 5.41) is 11.4. The van der Waals surface area contributed by atoms with E-state index in [1.165, 1.54) is 0 Å². The van der Waals surface area contributed by atoms with Crippen LogP contribution in [0.5, 0.6) is 0 Å². The monoisotopic (exact) mass is 257 g/mol. The summed E-state index contributed by atoms with van der Waals surface area (Å²) < 4.78 is 0. The van der Waals surface area contributed by atoms with Crippen molar-refractivity contribution in [3.05, 3.63) is 36.5 Å². The molecule has 0 aliphatic rings. The number of hydrogen-bond donors (Lipinski definition) is 1. The van der Waals surface area contributed by atoms with Crippen molar-refractivity contribution in [2.75, 3.05) is 16.8 Å². The van der Waals surface area contributed by atoms with Gasteiger partial charge in [0.2, 0.25) is 0 Å². The first-order valence-corrected chi connectivity index (χ1v) is 6.49. The van der Waals surface area contributed by atoms with Gasteiger partial charge in [0, 0.05) is 18.3 Å². The van der Waals surface area contributed by atoms with E-state index in [1.807, 2.05) is 35.2 Å². The van der Waals surface area contributed by atoms with Gasteiger partial charge >= 0.3 is 0 Å². The average molecular weight is 257 g/mol. The minimum absolute atomic E-state index is 0.316. The minimum atomic E-state index is 0.316. The fourth-order valence-electron chi connectivity index (χ4n) is 1.82. The summed E-state index contributed by atoms with van der Waals surface area (Å²) in [7, 11) is 0. The van der Waals surface area contributed by atoms with Gasteiger partial charge in [0.15, 0.2) is 5.82 Å². The zero-order chi connectivity index (χ0) is 13.7. The molecule has 1 heterocycles. The Morgan fingerprint density at radius 3 is 2.58 bits per heavy atom. The second-order valence-corrected chi connectivity index (χ2v) is 4.52. The molecule has 1 aromatic heterocycles. The van der Waals surface area contributed by atoms with Crippen LogP contribution in [0.3, 0.4) is 0 Å². The molecule has 5 nitrogen and oxygen atoms in total. The Hall–Kier alpha value is -2.17. The highest BCUT2D eigenvalue weighted by Crippen LogP contribution is 2.21. The van der Waals surface area contributed by atoms with Crippen LogP contribution in [-0.4, -0.2) is 27.8 Å². The Morgan fingerprint density at radius 2 is 1.95 bits per heavy atom. The van der Waals surface area contributed by atoms with Crippen molar-refractivity contribution in [2.24, 2.45) is 0 Å². The van der Waals surface area contributed by atoms with E-state index < -0.39 is 0 Å². The van der Waals surface area contributed by atoms with E-state index in [9.17, 15) is 0 Å². The van der Waals surface area contributed by atoms with Crippen LogP contribution in [0.2, 0.25) is 0 Å². The van der Waals surface area contributed by atoms with Crippen LogP contribution in [-0.2, 0) is 0 Å². The maximum atomic E-state index is 4.50. The van der Waals surface area contributed by atoms with Gasteiger partial charge in [-0.15, -0.1) is 5.10 Å². The van der Waals surface area contributed by atoms with Crippen molar-refractivity contribution in [2.45, 2.75) is 26.8 Å². The fraction of sp³-hybridized carbons (Fsp3) is 0.357. The van der Waals surface area contributed by atoms with Crippen LogP contribution in [0.25, 0.3) is 0 Å². The summed E-state index contributed by atoms with van der Waals surface area (Å²) in [4.78, 5) is 6.53. The first-order chi connectivity index (χ1) is 9.20. The first-order valence-electron chi connectivity index (χ1n) is 6.49. The molecule has 0 saturated carbocycles. The molecular weight excluding hydrogens is 238 g/mol. The molecule has 0 radical (unpaired) electrons. The molecule has 2 aromatic rings. The molecule has 19 heavy (non-hydrogen) atoms. The zero-order valence-corrected chi connectivity index (χ0v) is 11.5. The van der Waals surface area contributed by atoms with E-state index in [0.29, 0.717) is 12.0 Å². The summed E-state index contributed by atoms with van der Waals surface area (Å²) in [6.45, 7) is 6.99. The SMILES string of the molecule is CCN(c1ccccc1)c1nncc(NC(C)C)n1. The first kappa shape index (κ1) is 13.3. The van der Waals surface area contributed by atoms with Crippen molar-refractivity contribution in [1.29, 1.82) is 0 Å². The van der Waals surface area contributed by atoms with E-state index >= 15 is 0 Å². The maximum absolute atomic E-state index is 4.50. The van der Waals surface area contributed by atoms with Gasteiger partial charge in [-0.25, -0.2) is 0 Å². The predicted molar refractivity (Wildman–Crippen MR) is 77.7 cm³/mol. The largest absolute Gasteiger partial charge is 0.366 e. The lowest BCUT2D eigenvalue weighted by Crippen LogP contribution is -2.20. The molecule has 2 rings (SSSR count). The zero-order valence-electron chi connectivity index (χ0n) is 11.5. The summed E-state index contributed by atoms with van der Waals surface area (Å²) in [5.74, 6) is 1.36. The van der Waals surface area contributed by atoms with E-state index in [1.54, 1.807) is 6.20 Å². The quantitative estimate of drug-likeness (QED) is 0.892. The van der Waals surface area contributed by atoms with Crippen molar-refractivity contribution in [3.63, 3.8) is 0 Å². The molecule has 0 saturated heterocycles. The molecule has 5 heteroatoms. The van der Waals surface area contributed by atoms with Gasteiger partial charge in [-0.1, -0.05) is 18.2 Å². The van der Waals surface area contributed by atoms with Crippen molar-refractivity contribution < 1.29 is 0 Å². The van der Waals surface area contributed by atoms with Gasteiger partial charge in [0.25, 0.3) is 5.95 Å². The number of nitrogens with one attached hydrogen (secondary N) is 1. The highest BCUT2D eigenvalue weighted by Gasteiger charge is 2.11. The molecule has 0 atom stereocenters. The lowest BCUT2D eigenvalue weighted by Gasteiger charge is -2.20. The minimum Gasteiger partial charge on any atom is -0.366 e. The fourth-order valence-corrected chi connectivity index (χ4v) is 1.82. The molecule has 1 N–H and O–H groups in total. The van der Waals surface area contributed by atoms with Crippen molar-refractivity contribution in [1.82, 2.24) is 15.2 Å². The molecule has 1 aromatic carbocycles. The third kappa shape index (κ3) is 3.40. The molecule has 0 spiro atoms. The lowest BCUT2D eigenvalue weighted by atomic mass is 10.3. The number of hydrogen-bond acceptors (Lipinski definition) is 5. The Labute approximate surface area is 113 Å². The van der Waals surface area contributed by atoms with Gasteiger partial charge < -0.3 is 10.2 Å². The van der Waals surface area contributed by atoms with Gasteiger partial charge in [0.1, 0.15) is 0 Å². The molecule has 0 bridgehead atoms. The van der Waals surface area contributed by atoms with E-state index in [0.717, 1.165) is 18.1 Å². The molecule has 0 aliphatic carbocycles. The van der Waals surface area contributed by atoms with Gasteiger partial charge in [-0.2, -0.15) is 10.1 Å². The number of para-hydroxylation sites is 1.